The third kappa shape index (κ3) is 13.9. The van der Waals surface area contributed by atoms with E-state index in [1.165, 1.54) is 24.3 Å². The fraction of sp³-hybridized carbons (Fsp3) is 0.480. The summed E-state index contributed by atoms with van der Waals surface area (Å²) in [7, 11) is 0. The lowest BCUT2D eigenvalue weighted by Crippen LogP contribution is -2.57. The van der Waals surface area contributed by atoms with E-state index >= 15 is 0 Å². The Kier molecular flexibility index (Phi) is 14.8. The van der Waals surface area contributed by atoms with Crippen LogP contribution in [0, 0.1) is 0 Å². The molecule has 232 valence electrons. The number of benzene rings is 1. The molecule has 0 aliphatic heterocycles. The number of carboxylic acids is 1. The van der Waals surface area contributed by atoms with Crippen LogP contribution in [0.15, 0.2) is 29.3 Å². The molecule has 0 aromatic heterocycles. The van der Waals surface area contributed by atoms with Crippen molar-refractivity contribution < 1.29 is 39.0 Å². The quantitative estimate of drug-likeness (QED) is 0.0424. The number of nitrogens with two attached hydrogens (primary N) is 5. The number of guanidine groups is 1. The monoisotopic (exact) mass is 593 g/mol. The van der Waals surface area contributed by atoms with Gasteiger partial charge in [0.15, 0.2) is 5.96 Å². The van der Waals surface area contributed by atoms with Gasteiger partial charge in [-0.15, -0.1) is 0 Å². The molecule has 0 aliphatic carbocycles. The lowest BCUT2D eigenvalue weighted by atomic mass is 10.0. The predicted octanol–water partition coefficient (Wildman–Crippen LogP) is -3.61. The van der Waals surface area contributed by atoms with Crippen LogP contribution in [0.25, 0.3) is 0 Å². The van der Waals surface area contributed by atoms with Crippen molar-refractivity contribution in [1.82, 2.24) is 16.0 Å². The Morgan fingerprint density at radius 1 is 0.738 bits per heavy atom. The molecule has 17 nitrogen and oxygen atoms in total. The predicted molar refractivity (Wildman–Crippen MR) is 150 cm³/mol. The number of phenolic OH excluding ortho intramolecular Hbond substituents is 1. The number of nitrogens with one attached hydrogen (secondary N) is 3. The van der Waals surface area contributed by atoms with Crippen LogP contribution in [0.4, 0.5) is 0 Å². The highest BCUT2D eigenvalue weighted by Crippen LogP contribution is 2.12. The summed E-state index contributed by atoms with van der Waals surface area (Å²) in [5, 5.41) is 26.3. The van der Waals surface area contributed by atoms with Crippen molar-refractivity contribution in [2.24, 2.45) is 33.7 Å². The van der Waals surface area contributed by atoms with Crippen molar-refractivity contribution >= 4 is 41.5 Å². The Morgan fingerprint density at radius 3 is 1.81 bits per heavy atom. The van der Waals surface area contributed by atoms with Gasteiger partial charge in [-0.05, 0) is 43.4 Å². The Morgan fingerprint density at radius 2 is 1.26 bits per heavy atom. The molecule has 5 amide bonds. The number of amides is 5. The van der Waals surface area contributed by atoms with Gasteiger partial charge >= 0.3 is 5.97 Å². The number of aromatic hydroxyl groups is 1. The molecule has 4 unspecified atom stereocenters. The fourth-order valence-electron chi connectivity index (χ4n) is 3.65. The van der Waals surface area contributed by atoms with Gasteiger partial charge < -0.3 is 54.8 Å². The van der Waals surface area contributed by atoms with Crippen LogP contribution >= 0.6 is 0 Å². The van der Waals surface area contributed by atoms with Crippen molar-refractivity contribution in [3.8, 4) is 5.75 Å². The number of hydrogen-bond donors (Lipinski definition) is 10. The molecule has 1 aromatic rings. The van der Waals surface area contributed by atoms with Gasteiger partial charge in [0.1, 0.15) is 23.9 Å². The van der Waals surface area contributed by atoms with E-state index in [1.807, 2.05) is 0 Å². The Bertz CT molecular complexity index is 1140. The Hall–Kier alpha value is -4.93. The van der Waals surface area contributed by atoms with Crippen molar-refractivity contribution in [3.05, 3.63) is 29.8 Å². The zero-order chi connectivity index (χ0) is 31.8. The van der Waals surface area contributed by atoms with Crippen LogP contribution < -0.4 is 44.6 Å². The first-order valence-corrected chi connectivity index (χ1v) is 13.0. The molecule has 15 N–H and O–H groups in total. The minimum atomic E-state index is -1.41. The first-order chi connectivity index (χ1) is 19.7. The maximum absolute atomic E-state index is 13.4. The summed E-state index contributed by atoms with van der Waals surface area (Å²) >= 11 is 0. The standard InChI is InChI=1S/C25H39N9O8/c26-15(7-9-19(27)36)21(38)34-18(12-13-3-5-14(35)6-4-13)23(40)32-16(8-10-20(28)37)22(39)33-17(24(41)42)2-1-11-31-25(29)30/h3-6,15-18,35H,1-2,7-12,26H2,(H2,27,36)(H2,28,37)(H,32,40)(H,33,39)(H,34,38)(H,41,42)(H4,29,30,31). The number of phenols is 1. The summed E-state index contributed by atoms with van der Waals surface area (Å²) < 4.78 is 0. The molecule has 0 heterocycles. The maximum Gasteiger partial charge on any atom is 0.326 e. The second-order valence-corrected chi connectivity index (χ2v) is 9.46. The number of rotatable bonds is 19. The van der Waals surface area contributed by atoms with Crippen molar-refractivity contribution in [2.45, 2.75) is 69.1 Å². The van der Waals surface area contributed by atoms with E-state index in [0.29, 0.717) is 5.56 Å². The normalized spacial score (nSPS) is 13.5. The van der Waals surface area contributed by atoms with Gasteiger partial charge in [0.2, 0.25) is 29.5 Å². The summed E-state index contributed by atoms with van der Waals surface area (Å²) in [6.07, 6.45) is -0.791. The molecule has 4 atom stereocenters. The summed E-state index contributed by atoms with van der Waals surface area (Å²) in [6, 6.07) is 0.484. The SMILES string of the molecule is NC(=O)CCC(N)C(=O)NC(Cc1ccc(O)cc1)C(=O)NC(CCC(N)=O)C(=O)NC(CCCN=C(N)N)C(=O)O. The molecule has 0 spiro atoms. The molecular formula is C25H39N9O8. The molecule has 0 aliphatic rings. The van der Waals surface area contributed by atoms with Crippen LogP contribution in [0.2, 0.25) is 0 Å². The number of hydrogen-bond acceptors (Lipinski definition) is 9. The zero-order valence-corrected chi connectivity index (χ0v) is 23.0. The van der Waals surface area contributed by atoms with E-state index in [1.54, 1.807) is 0 Å². The van der Waals surface area contributed by atoms with Gasteiger partial charge in [0.05, 0.1) is 6.04 Å². The first kappa shape index (κ1) is 35.1. The van der Waals surface area contributed by atoms with E-state index in [4.69, 9.17) is 28.7 Å². The topological polar surface area (TPSA) is 321 Å². The van der Waals surface area contributed by atoms with Crippen molar-refractivity contribution in [1.29, 1.82) is 0 Å². The van der Waals surface area contributed by atoms with Crippen LogP contribution in [0.5, 0.6) is 5.75 Å². The summed E-state index contributed by atoms with van der Waals surface area (Å²) in [5.74, 6) is -5.56. The van der Waals surface area contributed by atoms with Gasteiger partial charge in [-0.3, -0.25) is 29.0 Å². The van der Waals surface area contributed by atoms with E-state index in [-0.39, 0.29) is 63.2 Å². The van der Waals surface area contributed by atoms with E-state index in [9.17, 15) is 39.0 Å². The molecule has 0 fully saturated rings. The third-order valence-corrected chi connectivity index (χ3v) is 5.92. The molecule has 0 saturated carbocycles. The number of aliphatic carboxylic acids is 1. The largest absolute Gasteiger partial charge is 0.508 e. The van der Waals surface area contributed by atoms with Gasteiger partial charge in [-0.25, -0.2) is 4.79 Å². The maximum atomic E-state index is 13.4. The Labute approximate surface area is 241 Å². The Balaban J connectivity index is 3.13. The zero-order valence-electron chi connectivity index (χ0n) is 23.0. The number of nitrogens with zero attached hydrogens (tertiary/aromatic N) is 1. The van der Waals surface area contributed by atoms with Crippen molar-refractivity contribution in [2.75, 3.05) is 6.54 Å². The first-order valence-electron chi connectivity index (χ1n) is 13.0. The number of carbonyl (C=O) groups is 6. The second kappa shape index (κ2) is 17.7. The summed E-state index contributed by atoms with van der Waals surface area (Å²) in [6.45, 7) is 0.115. The minimum absolute atomic E-state index is 0.0354. The number of carboxylic acid groups (broad SMARTS) is 1. The molecule has 0 saturated heterocycles. The molecule has 0 radical (unpaired) electrons. The number of aliphatic imine (C=N–C) groups is 1. The smallest absolute Gasteiger partial charge is 0.326 e. The molecule has 17 heteroatoms. The van der Waals surface area contributed by atoms with Crippen LogP contribution in [0.1, 0.15) is 44.1 Å². The van der Waals surface area contributed by atoms with E-state index in [2.05, 4.69) is 20.9 Å². The fourth-order valence-corrected chi connectivity index (χ4v) is 3.65. The van der Waals surface area contributed by atoms with E-state index < -0.39 is 59.7 Å². The highest BCUT2D eigenvalue weighted by Gasteiger charge is 2.30. The molecule has 0 bridgehead atoms. The van der Waals surface area contributed by atoms with Gasteiger partial charge in [0.25, 0.3) is 0 Å². The van der Waals surface area contributed by atoms with Gasteiger partial charge in [-0.2, -0.15) is 0 Å². The van der Waals surface area contributed by atoms with Crippen LogP contribution in [-0.4, -0.2) is 82.4 Å². The number of carbonyl (C=O) groups excluding carboxylic acids is 5. The molecule has 1 rings (SSSR count). The average Bonchev–Trinajstić information content (AvgIpc) is 2.91. The highest BCUT2D eigenvalue weighted by molar-refractivity contribution is 5.94. The summed E-state index contributed by atoms with van der Waals surface area (Å²) in [5.41, 5.74) is 27.2. The number of primary amides is 2. The van der Waals surface area contributed by atoms with Crippen LogP contribution in [-0.2, 0) is 35.2 Å². The van der Waals surface area contributed by atoms with Crippen LogP contribution in [0.3, 0.4) is 0 Å². The molecule has 1 aromatic carbocycles. The molecular weight excluding hydrogens is 554 g/mol. The third-order valence-electron chi connectivity index (χ3n) is 5.92. The second-order valence-electron chi connectivity index (χ2n) is 9.46. The minimum Gasteiger partial charge on any atom is -0.508 e. The lowest BCUT2D eigenvalue weighted by Gasteiger charge is -2.25. The van der Waals surface area contributed by atoms with Crippen molar-refractivity contribution in [3.63, 3.8) is 0 Å². The molecule has 42 heavy (non-hydrogen) atoms. The van der Waals surface area contributed by atoms with Gasteiger partial charge in [-0.1, -0.05) is 12.1 Å². The summed E-state index contributed by atoms with van der Waals surface area (Å²) in [4.78, 5) is 77.1. The highest BCUT2D eigenvalue weighted by atomic mass is 16.4. The lowest BCUT2D eigenvalue weighted by molar-refractivity contribution is -0.142. The average molecular weight is 594 g/mol. The van der Waals surface area contributed by atoms with E-state index in [0.717, 1.165) is 0 Å². The van der Waals surface area contributed by atoms with Gasteiger partial charge in [0, 0.05) is 25.8 Å².